The second-order valence-electron chi connectivity index (χ2n) is 5.10. The van der Waals surface area contributed by atoms with E-state index in [4.69, 9.17) is 11.6 Å². The molecule has 1 atom stereocenters. The molecule has 2 N–H and O–H groups in total. The van der Waals surface area contributed by atoms with Crippen molar-refractivity contribution in [2.24, 2.45) is 5.92 Å². The molecule has 0 aliphatic carbocycles. The summed E-state index contributed by atoms with van der Waals surface area (Å²) in [5, 5.41) is 20.9. The smallest absolute Gasteiger partial charge is 0.338 e. The Morgan fingerprint density at radius 2 is 2.19 bits per heavy atom. The number of carboxylic acids is 1. The molecule has 0 aliphatic rings. The summed E-state index contributed by atoms with van der Waals surface area (Å²) in [6, 6.07) is 3.32. The number of rotatable bonds is 5. The average Bonchev–Trinajstić information content (AvgIpc) is 2.45. The summed E-state index contributed by atoms with van der Waals surface area (Å²) in [7, 11) is 0. The van der Waals surface area contributed by atoms with Crippen molar-refractivity contribution in [3.63, 3.8) is 0 Å². The molecule has 1 amide bonds. The number of pyridine rings is 1. The second kappa shape index (κ2) is 6.55. The number of carbonyl (C=O) groups is 2. The molecule has 1 aromatic rings. The molecule has 0 aliphatic heterocycles. The number of carboxylic acid groups (broad SMARTS) is 1. The maximum Gasteiger partial charge on any atom is 0.338 e. The Balaban J connectivity index is 3.20. The van der Waals surface area contributed by atoms with Crippen LogP contribution in [0.15, 0.2) is 12.3 Å². The summed E-state index contributed by atoms with van der Waals surface area (Å²) < 4.78 is 0. The van der Waals surface area contributed by atoms with Crippen LogP contribution in [-0.2, 0) is 5.88 Å². The monoisotopic (exact) mass is 309 g/mol. The van der Waals surface area contributed by atoms with E-state index < -0.39 is 17.4 Å². The number of amides is 1. The Morgan fingerprint density at radius 3 is 2.62 bits per heavy atom. The largest absolute Gasteiger partial charge is 0.478 e. The van der Waals surface area contributed by atoms with Gasteiger partial charge in [-0.3, -0.25) is 4.79 Å². The first-order chi connectivity index (χ1) is 9.75. The van der Waals surface area contributed by atoms with Crippen LogP contribution in [0.2, 0.25) is 0 Å². The Hall–Kier alpha value is -2.13. The topological polar surface area (TPSA) is 103 Å². The number of aromatic carboxylic acids is 1. The molecule has 1 rings (SSSR count). The van der Waals surface area contributed by atoms with Gasteiger partial charge in [0.25, 0.3) is 5.91 Å². The van der Waals surface area contributed by atoms with Crippen molar-refractivity contribution >= 4 is 23.5 Å². The van der Waals surface area contributed by atoms with Crippen LogP contribution in [0.4, 0.5) is 0 Å². The van der Waals surface area contributed by atoms with Crippen molar-refractivity contribution in [1.82, 2.24) is 10.3 Å². The fourth-order valence-corrected chi connectivity index (χ4v) is 1.67. The van der Waals surface area contributed by atoms with Gasteiger partial charge in [0.2, 0.25) is 0 Å². The van der Waals surface area contributed by atoms with Crippen LogP contribution >= 0.6 is 11.6 Å². The molecule has 0 saturated heterocycles. The zero-order valence-corrected chi connectivity index (χ0v) is 12.7. The van der Waals surface area contributed by atoms with E-state index in [0.717, 1.165) is 0 Å². The SMILES string of the molecule is CC(C)C(C)(C#N)NC(=O)c1ncc(CCl)cc1C(=O)O. The zero-order chi connectivity index (χ0) is 16.2. The third-order valence-corrected chi connectivity index (χ3v) is 3.61. The van der Waals surface area contributed by atoms with Crippen LogP contribution in [0.1, 0.15) is 47.2 Å². The third kappa shape index (κ3) is 3.70. The maximum atomic E-state index is 12.2. The van der Waals surface area contributed by atoms with Gasteiger partial charge in [-0.15, -0.1) is 11.6 Å². The highest BCUT2D eigenvalue weighted by Crippen LogP contribution is 2.17. The molecular formula is C14H16ClN3O3. The lowest BCUT2D eigenvalue weighted by Gasteiger charge is -2.27. The lowest BCUT2D eigenvalue weighted by atomic mass is 9.90. The van der Waals surface area contributed by atoms with Crippen molar-refractivity contribution in [2.75, 3.05) is 0 Å². The van der Waals surface area contributed by atoms with Gasteiger partial charge in [0, 0.05) is 12.1 Å². The summed E-state index contributed by atoms with van der Waals surface area (Å²) in [5.41, 5.74) is -1.09. The van der Waals surface area contributed by atoms with E-state index in [0.29, 0.717) is 5.56 Å². The summed E-state index contributed by atoms with van der Waals surface area (Å²) in [6.45, 7) is 5.14. The molecule has 0 bridgehead atoms. The van der Waals surface area contributed by atoms with E-state index in [1.165, 1.54) is 12.3 Å². The number of nitrogens with zero attached hydrogens (tertiary/aromatic N) is 2. The molecule has 0 spiro atoms. The van der Waals surface area contributed by atoms with Crippen LogP contribution in [0, 0.1) is 17.2 Å². The van der Waals surface area contributed by atoms with Gasteiger partial charge in [-0.2, -0.15) is 5.26 Å². The van der Waals surface area contributed by atoms with Gasteiger partial charge in [0.15, 0.2) is 0 Å². The number of halogens is 1. The molecule has 1 heterocycles. The molecule has 1 aromatic heterocycles. The molecule has 0 fully saturated rings. The van der Waals surface area contributed by atoms with Gasteiger partial charge in [-0.25, -0.2) is 9.78 Å². The summed E-state index contributed by atoms with van der Waals surface area (Å²) in [5.74, 6) is -2.03. The molecule has 21 heavy (non-hydrogen) atoms. The third-order valence-electron chi connectivity index (χ3n) is 3.30. The first-order valence-electron chi connectivity index (χ1n) is 6.27. The quantitative estimate of drug-likeness (QED) is 0.811. The number of alkyl halides is 1. The molecule has 6 nitrogen and oxygen atoms in total. The number of hydrogen-bond acceptors (Lipinski definition) is 4. The molecule has 0 radical (unpaired) electrons. The van der Waals surface area contributed by atoms with E-state index in [1.54, 1.807) is 20.8 Å². The van der Waals surface area contributed by atoms with Crippen LogP contribution in [0.5, 0.6) is 0 Å². The van der Waals surface area contributed by atoms with Gasteiger partial charge in [0.05, 0.1) is 11.6 Å². The summed E-state index contributed by atoms with van der Waals surface area (Å²) in [4.78, 5) is 27.3. The number of nitrogens with one attached hydrogen (secondary N) is 1. The van der Waals surface area contributed by atoms with Crippen molar-refractivity contribution in [2.45, 2.75) is 32.2 Å². The highest BCUT2D eigenvalue weighted by atomic mass is 35.5. The van der Waals surface area contributed by atoms with Gasteiger partial charge < -0.3 is 10.4 Å². The maximum absolute atomic E-state index is 12.2. The van der Waals surface area contributed by atoms with Crippen LogP contribution < -0.4 is 5.32 Å². The van der Waals surface area contributed by atoms with Crippen LogP contribution in [-0.4, -0.2) is 27.5 Å². The van der Waals surface area contributed by atoms with Crippen molar-refractivity contribution in [3.8, 4) is 6.07 Å². The minimum atomic E-state index is -1.28. The first-order valence-corrected chi connectivity index (χ1v) is 6.80. The normalized spacial score (nSPS) is 13.3. The standard InChI is InChI=1S/C14H16ClN3O3/c1-8(2)14(3,7-16)18-12(19)11-10(13(20)21)4-9(5-15)6-17-11/h4,6,8H,5H2,1-3H3,(H,18,19)(H,20,21). The predicted molar refractivity (Wildman–Crippen MR) is 77.1 cm³/mol. The summed E-state index contributed by atoms with van der Waals surface area (Å²) in [6.07, 6.45) is 1.34. The summed E-state index contributed by atoms with van der Waals surface area (Å²) >= 11 is 5.63. The van der Waals surface area contributed by atoms with Crippen LogP contribution in [0.25, 0.3) is 0 Å². The van der Waals surface area contributed by atoms with Crippen molar-refractivity contribution in [3.05, 3.63) is 29.1 Å². The highest BCUT2D eigenvalue weighted by molar-refractivity contribution is 6.17. The predicted octanol–water partition coefficient (Wildman–Crippen LogP) is 2.19. The fourth-order valence-electron chi connectivity index (χ4n) is 1.52. The molecule has 7 heteroatoms. The van der Waals surface area contributed by atoms with E-state index in [2.05, 4.69) is 10.3 Å². The van der Waals surface area contributed by atoms with Crippen molar-refractivity contribution < 1.29 is 14.7 Å². The Labute approximate surface area is 127 Å². The Morgan fingerprint density at radius 1 is 1.57 bits per heavy atom. The minimum Gasteiger partial charge on any atom is -0.478 e. The Kier molecular flexibility index (Phi) is 5.28. The van der Waals surface area contributed by atoms with E-state index in [1.807, 2.05) is 6.07 Å². The number of aromatic nitrogens is 1. The van der Waals surface area contributed by atoms with Crippen LogP contribution in [0.3, 0.4) is 0 Å². The fraction of sp³-hybridized carbons (Fsp3) is 0.429. The molecule has 112 valence electrons. The average molecular weight is 310 g/mol. The number of nitriles is 1. The minimum absolute atomic E-state index is 0.0943. The van der Waals surface area contributed by atoms with Gasteiger partial charge >= 0.3 is 5.97 Å². The zero-order valence-electron chi connectivity index (χ0n) is 12.0. The van der Waals surface area contributed by atoms with E-state index >= 15 is 0 Å². The molecule has 0 aromatic carbocycles. The lowest BCUT2D eigenvalue weighted by Crippen LogP contribution is -2.49. The lowest BCUT2D eigenvalue weighted by molar-refractivity contribution is 0.0688. The second-order valence-corrected chi connectivity index (χ2v) is 5.37. The first kappa shape index (κ1) is 16.9. The van der Waals surface area contributed by atoms with Gasteiger partial charge in [-0.05, 0) is 24.5 Å². The number of carbonyl (C=O) groups excluding carboxylic acids is 1. The van der Waals surface area contributed by atoms with Gasteiger partial charge in [-0.1, -0.05) is 13.8 Å². The van der Waals surface area contributed by atoms with Gasteiger partial charge in [0.1, 0.15) is 11.2 Å². The number of hydrogen-bond donors (Lipinski definition) is 2. The molecular weight excluding hydrogens is 294 g/mol. The highest BCUT2D eigenvalue weighted by Gasteiger charge is 2.32. The molecule has 1 unspecified atom stereocenters. The Bertz CT molecular complexity index is 610. The van der Waals surface area contributed by atoms with Crippen molar-refractivity contribution in [1.29, 1.82) is 5.26 Å². The molecule has 0 saturated carbocycles. The van der Waals surface area contributed by atoms with E-state index in [9.17, 15) is 20.0 Å². The van der Waals surface area contributed by atoms with E-state index in [-0.39, 0.29) is 23.1 Å².